The summed E-state index contributed by atoms with van der Waals surface area (Å²) in [5.41, 5.74) is 6.66. The van der Waals surface area contributed by atoms with E-state index in [4.69, 9.17) is 5.73 Å². The number of nitrogens with zero attached hydrogens (tertiary/aromatic N) is 2. The van der Waals surface area contributed by atoms with E-state index in [-0.39, 0.29) is 0 Å². The number of rotatable bonds is 4. The Kier molecular flexibility index (Phi) is 3.31. The average Bonchev–Trinajstić information content (AvgIpc) is 2.46. The van der Waals surface area contributed by atoms with Crippen LogP contribution in [0.4, 0.5) is 5.82 Å². The van der Waals surface area contributed by atoms with Gasteiger partial charge < -0.3 is 11.1 Å². The smallest absolute Gasteiger partial charge is 0.152 e. The molecule has 4 heteroatoms. The Hall–Kier alpha value is -1.03. The normalized spacial score (nSPS) is 12.9. The van der Waals surface area contributed by atoms with Crippen molar-refractivity contribution in [2.75, 3.05) is 5.32 Å². The van der Waals surface area contributed by atoms with Crippen LogP contribution in [0.2, 0.25) is 0 Å². The van der Waals surface area contributed by atoms with Crippen molar-refractivity contribution in [1.29, 1.82) is 0 Å². The first kappa shape index (κ1) is 10.1. The van der Waals surface area contributed by atoms with Crippen LogP contribution in [0.1, 0.15) is 25.8 Å². The van der Waals surface area contributed by atoms with Gasteiger partial charge in [-0.3, -0.25) is 4.68 Å². The summed E-state index contributed by atoms with van der Waals surface area (Å²) in [5, 5.41) is 7.61. The highest BCUT2D eigenvalue weighted by Crippen LogP contribution is 2.13. The maximum atomic E-state index is 5.59. The fraction of sp³-hybridized carbons (Fsp3) is 0.667. The monoisotopic (exact) mass is 182 g/mol. The lowest BCUT2D eigenvalue weighted by molar-refractivity contribution is 0.733. The van der Waals surface area contributed by atoms with Crippen LogP contribution in [0.15, 0.2) is 6.20 Å². The highest BCUT2D eigenvalue weighted by Gasteiger charge is 2.07. The fourth-order valence-electron chi connectivity index (χ4n) is 1.14. The average molecular weight is 182 g/mol. The molecule has 0 aromatic carbocycles. The van der Waals surface area contributed by atoms with Gasteiger partial charge in [0.2, 0.25) is 0 Å². The molecule has 3 N–H and O–H groups in total. The zero-order valence-electron chi connectivity index (χ0n) is 8.54. The Morgan fingerprint density at radius 2 is 2.38 bits per heavy atom. The molecular weight excluding hydrogens is 164 g/mol. The molecule has 0 radical (unpaired) electrons. The van der Waals surface area contributed by atoms with Crippen molar-refractivity contribution in [1.82, 2.24) is 9.78 Å². The van der Waals surface area contributed by atoms with E-state index in [9.17, 15) is 0 Å². The maximum absolute atomic E-state index is 5.59. The number of aromatic nitrogens is 2. The first-order valence-corrected chi connectivity index (χ1v) is 4.66. The molecule has 1 aromatic heterocycles. The van der Waals surface area contributed by atoms with Gasteiger partial charge in [-0.25, -0.2) is 0 Å². The first-order chi connectivity index (χ1) is 6.17. The quantitative estimate of drug-likeness (QED) is 0.733. The SMILES string of the molecule is CCC(C)Nc1nn(C)cc1CN. The summed E-state index contributed by atoms with van der Waals surface area (Å²) in [7, 11) is 1.90. The van der Waals surface area contributed by atoms with Gasteiger partial charge in [-0.05, 0) is 13.3 Å². The molecule has 0 aliphatic rings. The van der Waals surface area contributed by atoms with Crippen molar-refractivity contribution in [2.45, 2.75) is 32.9 Å². The fourth-order valence-corrected chi connectivity index (χ4v) is 1.14. The molecule has 1 unspecified atom stereocenters. The van der Waals surface area contributed by atoms with E-state index in [0.29, 0.717) is 12.6 Å². The molecule has 0 spiro atoms. The van der Waals surface area contributed by atoms with E-state index in [2.05, 4.69) is 24.3 Å². The topological polar surface area (TPSA) is 55.9 Å². The van der Waals surface area contributed by atoms with Gasteiger partial charge in [0.05, 0.1) is 0 Å². The first-order valence-electron chi connectivity index (χ1n) is 4.66. The lowest BCUT2D eigenvalue weighted by atomic mass is 10.2. The Bertz CT molecular complexity index is 267. The summed E-state index contributed by atoms with van der Waals surface area (Å²) in [6, 6.07) is 0.445. The van der Waals surface area contributed by atoms with Gasteiger partial charge in [-0.15, -0.1) is 0 Å². The summed E-state index contributed by atoms with van der Waals surface area (Å²) in [5.74, 6) is 0.916. The minimum absolute atomic E-state index is 0.445. The van der Waals surface area contributed by atoms with Gasteiger partial charge in [0.25, 0.3) is 0 Å². The van der Waals surface area contributed by atoms with E-state index < -0.39 is 0 Å². The molecule has 0 fully saturated rings. The van der Waals surface area contributed by atoms with E-state index >= 15 is 0 Å². The maximum Gasteiger partial charge on any atom is 0.152 e. The van der Waals surface area contributed by atoms with Crippen LogP contribution in [0.3, 0.4) is 0 Å². The highest BCUT2D eigenvalue weighted by atomic mass is 15.3. The van der Waals surface area contributed by atoms with Crippen molar-refractivity contribution in [2.24, 2.45) is 12.8 Å². The molecule has 13 heavy (non-hydrogen) atoms. The number of nitrogens with two attached hydrogens (primary N) is 1. The third-order valence-electron chi connectivity index (χ3n) is 2.12. The number of nitrogens with one attached hydrogen (secondary N) is 1. The summed E-state index contributed by atoms with van der Waals surface area (Å²) < 4.78 is 1.78. The number of anilines is 1. The molecule has 4 nitrogen and oxygen atoms in total. The summed E-state index contributed by atoms with van der Waals surface area (Å²) in [4.78, 5) is 0. The minimum atomic E-state index is 0.445. The van der Waals surface area contributed by atoms with Crippen LogP contribution in [-0.4, -0.2) is 15.8 Å². The Morgan fingerprint density at radius 1 is 1.69 bits per heavy atom. The van der Waals surface area contributed by atoms with Gasteiger partial charge in [-0.2, -0.15) is 5.10 Å². The van der Waals surface area contributed by atoms with Crippen LogP contribution in [0.25, 0.3) is 0 Å². The summed E-state index contributed by atoms with van der Waals surface area (Å²) >= 11 is 0. The van der Waals surface area contributed by atoms with Crippen LogP contribution in [0, 0.1) is 0 Å². The van der Waals surface area contributed by atoms with Crippen LogP contribution in [-0.2, 0) is 13.6 Å². The largest absolute Gasteiger partial charge is 0.366 e. The molecule has 0 aliphatic carbocycles. The van der Waals surface area contributed by atoms with Gasteiger partial charge in [0.1, 0.15) is 0 Å². The Morgan fingerprint density at radius 3 is 2.92 bits per heavy atom. The summed E-state index contributed by atoms with van der Waals surface area (Å²) in [6.07, 6.45) is 3.03. The highest BCUT2D eigenvalue weighted by molar-refractivity contribution is 5.43. The Balaban J connectivity index is 2.74. The van der Waals surface area contributed by atoms with Crippen molar-refractivity contribution in [3.63, 3.8) is 0 Å². The van der Waals surface area contributed by atoms with Crippen molar-refractivity contribution < 1.29 is 0 Å². The zero-order chi connectivity index (χ0) is 9.84. The minimum Gasteiger partial charge on any atom is -0.366 e. The molecule has 0 aliphatic heterocycles. The molecular formula is C9H18N4. The number of aryl methyl sites for hydroxylation is 1. The molecule has 1 rings (SSSR count). The number of hydrogen-bond donors (Lipinski definition) is 2. The van der Waals surface area contributed by atoms with Crippen molar-refractivity contribution in [3.05, 3.63) is 11.8 Å². The van der Waals surface area contributed by atoms with Crippen molar-refractivity contribution in [3.8, 4) is 0 Å². The van der Waals surface area contributed by atoms with Crippen molar-refractivity contribution >= 4 is 5.82 Å². The molecule has 74 valence electrons. The second kappa shape index (κ2) is 4.28. The second-order valence-electron chi connectivity index (χ2n) is 3.33. The van der Waals surface area contributed by atoms with E-state index in [0.717, 1.165) is 17.8 Å². The lowest BCUT2D eigenvalue weighted by Gasteiger charge is -2.10. The molecule has 1 aromatic rings. The molecule has 1 heterocycles. The summed E-state index contributed by atoms with van der Waals surface area (Å²) in [6.45, 7) is 4.81. The van der Waals surface area contributed by atoms with E-state index in [1.807, 2.05) is 13.2 Å². The van der Waals surface area contributed by atoms with Gasteiger partial charge in [-0.1, -0.05) is 6.92 Å². The third kappa shape index (κ3) is 2.45. The molecule has 0 bridgehead atoms. The van der Waals surface area contributed by atoms with Gasteiger partial charge in [0, 0.05) is 31.4 Å². The molecule has 0 saturated heterocycles. The van der Waals surface area contributed by atoms with E-state index in [1.54, 1.807) is 4.68 Å². The van der Waals surface area contributed by atoms with Gasteiger partial charge in [0.15, 0.2) is 5.82 Å². The van der Waals surface area contributed by atoms with Crippen LogP contribution in [0.5, 0.6) is 0 Å². The standard InChI is InChI=1S/C9H18N4/c1-4-7(2)11-9-8(5-10)6-13(3)12-9/h6-7H,4-5,10H2,1-3H3,(H,11,12). The zero-order valence-corrected chi connectivity index (χ0v) is 8.54. The second-order valence-corrected chi connectivity index (χ2v) is 3.33. The molecule has 0 amide bonds. The molecule has 0 saturated carbocycles. The van der Waals surface area contributed by atoms with Crippen LogP contribution < -0.4 is 11.1 Å². The van der Waals surface area contributed by atoms with Gasteiger partial charge >= 0.3 is 0 Å². The third-order valence-corrected chi connectivity index (χ3v) is 2.12. The lowest BCUT2D eigenvalue weighted by Crippen LogP contribution is -2.15. The van der Waals surface area contributed by atoms with Crippen LogP contribution >= 0.6 is 0 Å². The number of hydrogen-bond acceptors (Lipinski definition) is 3. The molecule has 1 atom stereocenters. The van der Waals surface area contributed by atoms with E-state index in [1.165, 1.54) is 0 Å². The Labute approximate surface area is 79.1 Å². The predicted octanol–water partition coefficient (Wildman–Crippen LogP) is 1.09. The predicted molar refractivity (Wildman–Crippen MR) is 54.5 cm³/mol.